The van der Waals surface area contributed by atoms with Crippen molar-refractivity contribution in [3.8, 4) is 5.75 Å². The van der Waals surface area contributed by atoms with Crippen LogP contribution in [0, 0.1) is 0 Å². The van der Waals surface area contributed by atoms with Gasteiger partial charge in [-0.2, -0.15) is 0 Å². The molecule has 3 N–H and O–H groups in total. The molecular formula is C13H25N5O2. The van der Waals surface area contributed by atoms with E-state index >= 15 is 0 Å². The van der Waals surface area contributed by atoms with Crippen molar-refractivity contribution >= 4 is 11.6 Å². The third-order valence-electron chi connectivity index (χ3n) is 2.65. The molecular weight excluding hydrogens is 258 g/mol. The fraction of sp³-hybridized carbons (Fsp3) is 0.692. The van der Waals surface area contributed by atoms with Gasteiger partial charge in [0.05, 0.1) is 12.7 Å². The number of anilines is 2. The molecule has 0 radical (unpaired) electrons. The molecule has 0 saturated heterocycles. The lowest BCUT2D eigenvalue weighted by Gasteiger charge is -2.27. The van der Waals surface area contributed by atoms with Crippen LogP contribution in [-0.2, 0) is 0 Å². The summed E-state index contributed by atoms with van der Waals surface area (Å²) >= 11 is 0. The Morgan fingerprint density at radius 3 is 2.40 bits per heavy atom. The van der Waals surface area contributed by atoms with Crippen molar-refractivity contribution in [1.29, 1.82) is 0 Å². The third kappa shape index (κ3) is 4.82. The number of aliphatic hydroxyl groups is 1. The molecule has 0 spiro atoms. The molecule has 114 valence electrons. The highest BCUT2D eigenvalue weighted by Crippen LogP contribution is 2.28. The van der Waals surface area contributed by atoms with Crippen LogP contribution in [0.3, 0.4) is 0 Å². The molecule has 1 atom stereocenters. The van der Waals surface area contributed by atoms with E-state index in [9.17, 15) is 5.11 Å². The Balaban J connectivity index is 2.79. The number of hydrogen-bond donors (Lipinski definition) is 3. The number of hydrogen-bond acceptors (Lipinski definition) is 7. The van der Waals surface area contributed by atoms with Gasteiger partial charge in [-0.25, -0.2) is 9.97 Å². The molecule has 0 fully saturated rings. The van der Waals surface area contributed by atoms with E-state index in [0.29, 0.717) is 30.5 Å². The Kier molecular flexibility index (Phi) is 5.97. The number of rotatable bonds is 8. The molecule has 0 aromatic carbocycles. The Morgan fingerprint density at radius 1 is 1.30 bits per heavy atom. The molecule has 0 saturated carbocycles. The van der Waals surface area contributed by atoms with Gasteiger partial charge in [-0.05, 0) is 27.9 Å². The summed E-state index contributed by atoms with van der Waals surface area (Å²) in [7, 11) is 5.41. The molecule has 1 aromatic rings. The van der Waals surface area contributed by atoms with Gasteiger partial charge in [0.25, 0.3) is 0 Å². The van der Waals surface area contributed by atoms with Crippen LogP contribution in [0.4, 0.5) is 11.6 Å². The quantitative estimate of drug-likeness (QED) is 0.646. The van der Waals surface area contributed by atoms with Gasteiger partial charge in [0.2, 0.25) is 5.75 Å². The fourth-order valence-corrected chi connectivity index (χ4v) is 2.00. The van der Waals surface area contributed by atoms with E-state index in [0.717, 1.165) is 6.54 Å². The van der Waals surface area contributed by atoms with E-state index in [1.807, 2.05) is 25.9 Å². The van der Waals surface area contributed by atoms with Gasteiger partial charge in [-0.15, -0.1) is 0 Å². The van der Waals surface area contributed by atoms with Crippen molar-refractivity contribution in [1.82, 2.24) is 14.9 Å². The van der Waals surface area contributed by atoms with Gasteiger partial charge in [-0.3, -0.25) is 0 Å². The van der Waals surface area contributed by atoms with Gasteiger partial charge in [0.1, 0.15) is 6.33 Å². The van der Waals surface area contributed by atoms with Crippen molar-refractivity contribution in [3.05, 3.63) is 6.33 Å². The molecule has 1 heterocycles. The highest BCUT2D eigenvalue weighted by atomic mass is 16.5. The largest absolute Gasteiger partial charge is 0.490 e. The molecule has 1 aromatic heterocycles. The molecule has 0 aliphatic carbocycles. The molecule has 0 bridgehead atoms. The molecule has 1 unspecified atom stereocenters. The van der Waals surface area contributed by atoms with Crippen LogP contribution in [-0.4, -0.2) is 66.4 Å². The topological polar surface area (TPSA) is 82.5 Å². The smallest absolute Gasteiger partial charge is 0.204 e. The first-order chi connectivity index (χ1) is 9.39. The number of nitrogens with one attached hydrogen (secondary N) is 2. The van der Waals surface area contributed by atoms with Crippen LogP contribution in [0.1, 0.15) is 13.8 Å². The molecule has 1 rings (SSSR count). The first-order valence-electron chi connectivity index (χ1n) is 6.63. The summed E-state index contributed by atoms with van der Waals surface area (Å²) in [5.74, 6) is 1.76. The van der Waals surface area contributed by atoms with Crippen molar-refractivity contribution in [2.24, 2.45) is 0 Å². The van der Waals surface area contributed by atoms with Crippen molar-refractivity contribution in [2.45, 2.75) is 19.4 Å². The van der Waals surface area contributed by atoms with Crippen LogP contribution in [0.25, 0.3) is 0 Å². The first kappa shape index (κ1) is 16.5. The van der Waals surface area contributed by atoms with Crippen LogP contribution < -0.4 is 15.4 Å². The summed E-state index contributed by atoms with van der Waals surface area (Å²) in [5.41, 5.74) is -0.863. The summed E-state index contributed by atoms with van der Waals surface area (Å²) in [5, 5.41) is 16.5. The van der Waals surface area contributed by atoms with Gasteiger partial charge >= 0.3 is 0 Å². The molecule has 7 heteroatoms. The minimum absolute atomic E-state index is 0.365. The van der Waals surface area contributed by atoms with E-state index < -0.39 is 5.60 Å². The fourth-order valence-electron chi connectivity index (χ4n) is 2.00. The minimum Gasteiger partial charge on any atom is -0.490 e. The van der Waals surface area contributed by atoms with E-state index in [1.54, 1.807) is 14.0 Å². The standard InChI is InChI=1S/C13H25N5O2/c1-6-14-11-10(20-5)12(17-9-16-11)15-7-13(2,19)8-18(3)4/h9,19H,6-8H2,1-5H3,(H2,14,15,16,17). The zero-order valence-corrected chi connectivity index (χ0v) is 12.9. The molecule has 20 heavy (non-hydrogen) atoms. The number of nitrogens with zero attached hydrogens (tertiary/aromatic N) is 3. The average molecular weight is 283 g/mol. The zero-order chi connectivity index (χ0) is 15.2. The second-order valence-electron chi connectivity index (χ2n) is 5.22. The average Bonchev–Trinajstić information content (AvgIpc) is 2.35. The lowest BCUT2D eigenvalue weighted by atomic mass is 10.1. The number of methoxy groups -OCH3 is 1. The zero-order valence-electron chi connectivity index (χ0n) is 12.9. The van der Waals surface area contributed by atoms with Crippen molar-refractivity contribution < 1.29 is 9.84 Å². The van der Waals surface area contributed by atoms with E-state index in [4.69, 9.17) is 4.74 Å². The van der Waals surface area contributed by atoms with E-state index in [1.165, 1.54) is 6.33 Å². The number of likely N-dealkylation sites (N-methyl/N-ethyl adjacent to an activating group) is 1. The van der Waals surface area contributed by atoms with Crippen molar-refractivity contribution in [2.75, 3.05) is 51.5 Å². The summed E-state index contributed by atoms with van der Waals surface area (Å²) in [6.45, 7) is 5.41. The molecule has 0 aliphatic rings. The van der Waals surface area contributed by atoms with Gasteiger partial charge in [0, 0.05) is 19.6 Å². The summed E-state index contributed by atoms with van der Waals surface area (Å²) in [4.78, 5) is 10.2. The second kappa shape index (κ2) is 7.25. The van der Waals surface area contributed by atoms with Gasteiger partial charge in [0.15, 0.2) is 11.6 Å². The normalized spacial score (nSPS) is 13.9. The summed E-state index contributed by atoms with van der Waals surface area (Å²) < 4.78 is 5.33. The third-order valence-corrected chi connectivity index (χ3v) is 2.65. The minimum atomic E-state index is -0.863. The Labute approximate surface area is 120 Å². The molecule has 7 nitrogen and oxygen atoms in total. The Bertz CT molecular complexity index is 423. The predicted octanol–water partition coefficient (Wildman–Crippen LogP) is 0.641. The second-order valence-corrected chi connectivity index (χ2v) is 5.22. The van der Waals surface area contributed by atoms with Crippen LogP contribution in [0.2, 0.25) is 0 Å². The van der Waals surface area contributed by atoms with Crippen LogP contribution >= 0.6 is 0 Å². The summed E-state index contributed by atoms with van der Waals surface area (Å²) in [6, 6.07) is 0. The SMILES string of the molecule is CCNc1ncnc(NCC(C)(O)CN(C)C)c1OC. The highest BCUT2D eigenvalue weighted by molar-refractivity contribution is 5.63. The monoisotopic (exact) mass is 283 g/mol. The Morgan fingerprint density at radius 2 is 1.90 bits per heavy atom. The predicted molar refractivity (Wildman–Crippen MR) is 80.4 cm³/mol. The number of ether oxygens (including phenoxy) is 1. The molecule has 0 aliphatic heterocycles. The maximum atomic E-state index is 10.3. The van der Waals surface area contributed by atoms with Gasteiger partial charge < -0.3 is 25.4 Å². The van der Waals surface area contributed by atoms with Crippen molar-refractivity contribution in [3.63, 3.8) is 0 Å². The highest BCUT2D eigenvalue weighted by Gasteiger charge is 2.22. The van der Waals surface area contributed by atoms with Gasteiger partial charge in [-0.1, -0.05) is 0 Å². The Hall–Kier alpha value is -1.60. The lowest BCUT2D eigenvalue weighted by molar-refractivity contribution is 0.0458. The maximum Gasteiger partial charge on any atom is 0.204 e. The lowest BCUT2D eigenvalue weighted by Crippen LogP contribution is -2.43. The van der Waals surface area contributed by atoms with E-state index in [-0.39, 0.29) is 0 Å². The summed E-state index contributed by atoms with van der Waals surface area (Å²) in [6.07, 6.45) is 1.46. The van der Waals surface area contributed by atoms with E-state index in [2.05, 4.69) is 20.6 Å². The first-order valence-corrected chi connectivity index (χ1v) is 6.63. The van der Waals surface area contributed by atoms with Crippen LogP contribution in [0.5, 0.6) is 5.75 Å². The maximum absolute atomic E-state index is 10.3. The number of aromatic nitrogens is 2. The molecule has 0 amide bonds. The van der Waals surface area contributed by atoms with Crippen LogP contribution in [0.15, 0.2) is 6.33 Å².